The van der Waals surface area contributed by atoms with Gasteiger partial charge in [-0.2, -0.15) is 0 Å². The Kier molecular flexibility index (Phi) is 26.7. The molecule has 0 aromatic carbocycles. The van der Waals surface area contributed by atoms with Crippen molar-refractivity contribution in [1.82, 2.24) is 0 Å². The van der Waals surface area contributed by atoms with Crippen LogP contribution in [-0.4, -0.2) is 5.91 Å². The number of rotatable bonds is 14. The first-order valence-corrected chi connectivity index (χ1v) is 8.05. The summed E-state index contributed by atoms with van der Waals surface area (Å²) in [6.45, 7) is 2.27. The average molecular weight is 328 g/mol. The topological polar surface area (TPSA) is 43.1 Å². The number of hydrogen-bond donors (Lipinski definition) is 1. The van der Waals surface area contributed by atoms with Crippen molar-refractivity contribution in [2.45, 2.75) is 96.8 Å². The molecule has 0 aliphatic heterocycles. The first kappa shape index (κ1) is 25.0. The Bertz CT molecular complexity index is 189. The molecule has 0 radical (unpaired) electrons. The smallest absolute Gasteiger partial charge is 0.217 e. The molecule has 2 nitrogen and oxygen atoms in total. The highest BCUT2D eigenvalue weighted by Gasteiger charge is 1.95. The predicted molar refractivity (Wildman–Crippen MR) is 94.0 cm³/mol. The number of hydrogen-bond acceptors (Lipinski definition) is 1. The summed E-state index contributed by atoms with van der Waals surface area (Å²) >= 11 is 0. The molecule has 0 aliphatic rings. The molecule has 0 unspecified atom stereocenters. The van der Waals surface area contributed by atoms with Gasteiger partial charge in [-0.05, 0) is 6.42 Å². The van der Waals surface area contributed by atoms with Crippen LogP contribution in [-0.2, 0) is 4.79 Å². The number of nitrogens with two attached hydrogens (primary N) is 1. The molecule has 0 saturated carbocycles. The number of halogens is 2. The van der Waals surface area contributed by atoms with E-state index in [2.05, 4.69) is 6.92 Å². The van der Waals surface area contributed by atoms with Crippen LogP contribution in [0.25, 0.3) is 0 Å². The molecule has 0 heterocycles. The van der Waals surface area contributed by atoms with Crippen molar-refractivity contribution in [1.29, 1.82) is 0 Å². The third-order valence-corrected chi connectivity index (χ3v) is 3.53. The SMILES string of the molecule is CCCCCCCCCCCCCCCC(N)=O.Cl.Cl. The quantitative estimate of drug-likeness (QED) is 0.403. The number of carbonyl (C=O) groups excluding carboxylic acids is 1. The van der Waals surface area contributed by atoms with Gasteiger partial charge in [0.1, 0.15) is 0 Å². The van der Waals surface area contributed by atoms with Crippen molar-refractivity contribution in [2.24, 2.45) is 5.73 Å². The van der Waals surface area contributed by atoms with Crippen LogP contribution in [0.4, 0.5) is 0 Å². The summed E-state index contributed by atoms with van der Waals surface area (Å²) in [5.74, 6) is -0.155. The van der Waals surface area contributed by atoms with Gasteiger partial charge in [0.25, 0.3) is 0 Å². The summed E-state index contributed by atoms with van der Waals surface area (Å²) in [6.07, 6.45) is 17.9. The molecule has 124 valence electrons. The summed E-state index contributed by atoms with van der Waals surface area (Å²) in [4.78, 5) is 10.5. The van der Waals surface area contributed by atoms with Gasteiger partial charge < -0.3 is 5.73 Å². The van der Waals surface area contributed by atoms with E-state index in [0.717, 1.165) is 6.42 Å². The minimum atomic E-state index is -0.155. The Hall–Kier alpha value is 0.0500. The van der Waals surface area contributed by atoms with Crippen LogP contribution in [0.5, 0.6) is 0 Å². The van der Waals surface area contributed by atoms with Crippen molar-refractivity contribution in [3.63, 3.8) is 0 Å². The molecule has 1 amide bonds. The summed E-state index contributed by atoms with van der Waals surface area (Å²) in [6, 6.07) is 0. The highest BCUT2D eigenvalue weighted by molar-refractivity contribution is 5.85. The minimum Gasteiger partial charge on any atom is -0.370 e. The highest BCUT2D eigenvalue weighted by Crippen LogP contribution is 2.12. The molecular formula is C16H35Cl2NO. The third kappa shape index (κ3) is 23.2. The number of carbonyl (C=O) groups is 1. The van der Waals surface area contributed by atoms with E-state index < -0.39 is 0 Å². The van der Waals surface area contributed by atoms with Crippen LogP contribution in [0.3, 0.4) is 0 Å². The first-order valence-electron chi connectivity index (χ1n) is 8.05. The van der Waals surface area contributed by atoms with Gasteiger partial charge in [-0.25, -0.2) is 0 Å². The van der Waals surface area contributed by atoms with Crippen LogP contribution in [0, 0.1) is 0 Å². The molecular weight excluding hydrogens is 293 g/mol. The van der Waals surface area contributed by atoms with E-state index in [-0.39, 0.29) is 30.7 Å². The largest absolute Gasteiger partial charge is 0.370 e. The molecule has 20 heavy (non-hydrogen) atoms. The van der Waals surface area contributed by atoms with Crippen LogP contribution >= 0.6 is 24.8 Å². The van der Waals surface area contributed by atoms with E-state index in [1.807, 2.05) is 0 Å². The van der Waals surface area contributed by atoms with Crippen molar-refractivity contribution in [3.8, 4) is 0 Å². The Morgan fingerprint density at radius 3 is 1.25 bits per heavy atom. The fourth-order valence-corrected chi connectivity index (χ4v) is 2.32. The fourth-order valence-electron chi connectivity index (χ4n) is 2.32. The monoisotopic (exact) mass is 327 g/mol. The second-order valence-electron chi connectivity index (χ2n) is 5.46. The average Bonchev–Trinajstić information content (AvgIpc) is 2.34. The lowest BCUT2D eigenvalue weighted by Crippen LogP contribution is -2.09. The van der Waals surface area contributed by atoms with Gasteiger partial charge in [0.15, 0.2) is 0 Å². The van der Waals surface area contributed by atoms with Crippen LogP contribution in [0.15, 0.2) is 0 Å². The molecule has 0 rings (SSSR count). The summed E-state index contributed by atoms with van der Waals surface area (Å²) in [5, 5.41) is 0. The summed E-state index contributed by atoms with van der Waals surface area (Å²) in [7, 11) is 0. The molecule has 0 bridgehead atoms. The van der Waals surface area contributed by atoms with E-state index in [9.17, 15) is 4.79 Å². The molecule has 2 N–H and O–H groups in total. The zero-order chi connectivity index (χ0) is 13.5. The Labute approximate surface area is 138 Å². The normalized spacial score (nSPS) is 9.65. The summed E-state index contributed by atoms with van der Waals surface area (Å²) < 4.78 is 0. The van der Waals surface area contributed by atoms with Gasteiger partial charge in [0.2, 0.25) is 5.91 Å². The zero-order valence-electron chi connectivity index (χ0n) is 13.2. The lowest BCUT2D eigenvalue weighted by molar-refractivity contribution is -0.118. The molecule has 0 fully saturated rings. The van der Waals surface area contributed by atoms with Crippen molar-refractivity contribution < 1.29 is 4.79 Å². The standard InChI is InChI=1S/C16H33NO.2ClH/c1-2-3-4-5-6-7-8-9-10-11-12-13-14-15-16(17)18;;/h2-15H2,1H3,(H2,17,18);2*1H. The predicted octanol–water partition coefficient (Wildman–Crippen LogP) is 5.80. The third-order valence-electron chi connectivity index (χ3n) is 3.53. The Morgan fingerprint density at radius 1 is 0.650 bits per heavy atom. The molecule has 0 saturated heterocycles. The van der Waals surface area contributed by atoms with Gasteiger partial charge in [0, 0.05) is 6.42 Å². The number of primary amides is 1. The highest BCUT2D eigenvalue weighted by atomic mass is 35.5. The fraction of sp³-hybridized carbons (Fsp3) is 0.938. The van der Waals surface area contributed by atoms with Gasteiger partial charge >= 0.3 is 0 Å². The summed E-state index contributed by atoms with van der Waals surface area (Å²) in [5.41, 5.74) is 5.09. The lowest BCUT2D eigenvalue weighted by atomic mass is 10.0. The second-order valence-corrected chi connectivity index (χ2v) is 5.46. The minimum absolute atomic E-state index is 0. The molecule has 4 heteroatoms. The maximum atomic E-state index is 10.5. The van der Waals surface area contributed by atoms with E-state index in [0.29, 0.717) is 6.42 Å². The molecule has 0 aliphatic carbocycles. The van der Waals surface area contributed by atoms with Gasteiger partial charge in [0.05, 0.1) is 0 Å². The van der Waals surface area contributed by atoms with Crippen LogP contribution < -0.4 is 5.73 Å². The van der Waals surface area contributed by atoms with E-state index in [1.165, 1.54) is 77.0 Å². The zero-order valence-corrected chi connectivity index (χ0v) is 14.8. The molecule has 0 aromatic heterocycles. The van der Waals surface area contributed by atoms with E-state index in [1.54, 1.807) is 0 Å². The second kappa shape index (κ2) is 21.4. The Morgan fingerprint density at radius 2 is 0.950 bits per heavy atom. The van der Waals surface area contributed by atoms with Crippen molar-refractivity contribution in [2.75, 3.05) is 0 Å². The maximum absolute atomic E-state index is 10.5. The van der Waals surface area contributed by atoms with Crippen LogP contribution in [0.1, 0.15) is 96.8 Å². The van der Waals surface area contributed by atoms with Gasteiger partial charge in [-0.1, -0.05) is 84.0 Å². The molecule has 0 aromatic rings. The van der Waals surface area contributed by atoms with Crippen LogP contribution in [0.2, 0.25) is 0 Å². The molecule has 0 spiro atoms. The van der Waals surface area contributed by atoms with Gasteiger partial charge in [-0.3, -0.25) is 4.79 Å². The van der Waals surface area contributed by atoms with E-state index in [4.69, 9.17) is 5.73 Å². The number of amides is 1. The van der Waals surface area contributed by atoms with Crippen molar-refractivity contribution in [3.05, 3.63) is 0 Å². The Balaban J connectivity index is -0.00000144. The molecule has 0 atom stereocenters. The van der Waals surface area contributed by atoms with Crippen molar-refractivity contribution >= 4 is 30.7 Å². The number of unbranched alkanes of at least 4 members (excludes halogenated alkanes) is 12. The maximum Gasteiger partial charge on any atom is 0.217 e. The first-order chi connectivity index (χ1) is 8.77. The van der Waals surface area contributed by atoms with E-state index >= 15 is 0 Å². The lowest BCUT2D eigenvalue weighted by Gasteiger charge is -2.02. The van der Waals surface area contributed by atoms with Gasteiger partial charge in [-0.15, -0.1) is 24.8 Å².